The molecule has 0 saturated carbocycles. The lowest BCUT2D eigenvalue weighted by Gasteiger charge is -2.13. The van der Waals surface area contributed by atoms with E-state index in [2.05, 4.69) is 10.3 Å². The smallest absolute Gasteiger partial charge is 0.263 e. The molecule has 0 atom stereocenters. The summed E-state index contributed by atoms with van der Waals surface area (Å²) < 4.78 is 28.6. The zero-order chi connectivity index (χ0) is 20.4. The first-order chi connectivity index (χ1) is 14.0. The lowest BCUT2D eigenvalue weighted by Crippen LogP contribution is -2.27. The maximum atomic E-state index is 14.3. The van der Waals surface area contributed by atoms with Gasteiger partial charge in [0.05, 0.1) is 11.3 Å². The number of carbonyl (C=O) groups is 1. The average Bonchev–Trinajstić information content (AvgIpc) is 2.74. The number of nitrogens with zero attached hydrogens (tertiary/aromatic N) is 2. The van der Waals surface area contributed by atoms with Crippen LogP contribution < -0.4 is 10.9 Å². The summed E-state index contributed by atoms with van der Waals surface area (Å²) in [5.41, 5.74) is 0.370. The molecule has 1 amide bonds. The third-order valence-corrected chi connectivity index (χ3v) is 4.51. The standard InChI is InChI=1S/C22H15F2N3O2/c23-15-7-8-20(19(24)10-15)27-13-18(16-5-1-2-6-17(16)22(27)29)21(28)26-12-14-4-3-9-25-11-14/h1-11,13H,12H2,(H,26,28). The monoisotopic (exact) mass is 391 g/mol. The lowest BCUT2D eigenvalue weighted by molar-refractivity contribution is 0.0952. The highest BCUT2D eigenvalue weighted by molar-refractivity contribution is 6.06. The number of rotatable bonds is 4. The van der Waals surface area contributed by atoms with Gasteiger partial charge in [-0.1, -0.05) is 24.3 Å². The van der Waals surface area contributed by atoms with E-state index in [1.54, 1.807) is 42.7 Å². The Bertz CT molecular complexity index is 1270. The van der Waals surface area contributed by atoms with Gasteiger partial charge in [-0.05, 0) is 29.8 Å². The highest BCUT2D eigenvalue weighted by atomic mass is 19.1. The molecule has 29 heavy (non-hydrogen) atoms. The van der Waals surface area contributed by atoms with E-state index in [0.29, 0.717) is 11.5 Å². The first-order valence-corrected chi connectivity index (χ1v) is 8.81. The van der Waals surface area contributed by atoms with E-state index in [9.17, 15) is 18.4 Å². The molecule has 4 aromatic rings. The molecule has 0 aliphatic carbocycles. The van der Waals surface area contributed by atoms with Gasteiger partial charge in [-0.25, -0.2) is 8.78 Å². The molecule has 7 heteroatoms. The molecule has 0 aliphatic rings. The summed E-state index contributed by atoms with van der Waals surface area (Å²) in [5.74, 6) is -2.08. The number of fused-ring (bicyclic) bond motifs is 1. The Morgan fingerprint density at radius 1 is 1.03 bits per heavy atom. The predicted molar refractivity (Wildman–Crippen MR) is 105 cm³/mol. The summed E-state index contributed by atoms with van der Waals surface area (Å²) in [6.07, 6.45) is 4.54. The summed E-state index contributed by atoms with van der Waals surface area (Å²) in [7, 11) is 0. The van der Waals surface area contributed by atoms with E-state index in [4.69, 9.17) is 0 Å². The average molecular weight is 391 g/mol. The SMILES string of the molecule is O=C(NCc1cccnc1)c1cn(-c2ccc(F)cc2F)c(=O)c2ccccc12. The molecule has 4 rings (SSSR count). The van der Waals surface area contributed by atoms with Crippen molar-refractivity contribution in [3.05, 3.63) is 106 Å². The summed E-state index contributed by atoms with van der Waals surface area (Å²) in [6, 6.07) is 13.1. The predicted octanol–water partition coefficient (Wildman–Crippen LogP) is 3.59. The molecule has 2 aromatic carbocycles. The number of hydrogen-bond donors (Lipinski definition) is 1. The van der Waals surface area contributed by atoms with Gasteiger partial charge in [-0.15, -0.1) is 0 Å². The number of carbonyl (C=O) groups excluding carboxylic acids is 1. The van der Waals surface area contributed by atoms with Gasteiger partial charge in [-0.3, -0.25) is 19.1 Å². The van der Waals surface area contributed by atoms with E-state index < -0.39 is 23.1 Å². The number of pyridine rings is 2. The third kappa shape index (κ3) is 3.62. The molecule has 144 valence electrons. The second kappa shape index (κ2) is 7.63. The van der Waals surface area contributed by atoms with E-state index in [-0.39, 0.29) is 23.2 Å². The minimum Gasteiger partial charge on any atom is -0.348 e. The van der Waals surface area contributed by atoms with Gasteiger partial charge in [-0.2, -0.15) is 0 Å². The Kier molecular flexibility index (Phi) is 4.87. The van der Waals surface area contributed by atoms with Crippen LogP contribution in [0.4, 0.5) is 8.78 Å². The van der Waals surface area contributed by atoms with Gasteiger partial charge < -0.3 is 5.32 Å². The highest BCUT2D eigenvalue weighted by Gasteiger charge is 2.17. The third-order valence-electron chi connectivity index (χ3n) is 4.51. The number of aromatic nitrogens is 2. The minimum absolute atomic E-state index is 0.136. The van der Waals surface area contributed by atoms with Gasteiger partial charge in [0.1, 0.15) is 11.6 Å². The number of benzene rings is 2. The molecule has 2 heterocycles. The van der Waals surface area contributed by atoms with Crippen molar-refractivity contribution in [1.29, 1.82) is 0 Å². The first kappa shape index (κ1) is 18.5. The van der Waals surface area contributed by atoms with E-state index >= 15 is 0 Å². The maximum Gasteiger partial charge on any atom is 0.263 e. The molecular weight excluding hydrogens is 376 g/mol. The number of amides is 1. The topological polar surface area (TPSA) is 64.0 Å². The van der Waals surface area contributed by atoms with Gasteiger partial charge in [0.15, 0.2) is 0 Å². The maximum absolute atomic E-state index is 14.3. The van der Waals surface area contributed by atoms with E-state index in [0.717, 1.165) is 22.3 Å². The number of halogens is 2. The Morgan fingerprint density at radius 3 is 2.55 bits per heavy atom. The highest BCUT2D eigenvalue weighted by Crippen LogP contribution is 2.20. The Labute approximate surface area is 164 Å². The molecular formula is C22H15F2N3O2. The lowest BCUT2D eigenvalue weighted by atomic mass is 10.1. The fourth-order valence-corrected chi connectivity index (χ4v) is 3.11. The summed E-state index contributed by atoms with van der Waals surface area (Å²) >= 11 is 0. The number of hydrogen-bond acceptors (Lipinski definition) is 3. The van der Waals surface area contributed by atoms with E-state index in [1.807, 2.05) is 6.07 Å². The zero-order valence-electron chi connectivity index (χ0n) is 15.1. The molecule has 1 N–H and O–H groups in total. The van der Waals surface area contributed by atoms with Crippen LogP contribution >= 0.6 is 0 Å². The van der Waals surface area contributed by atoms with Crippen molar-refractivity contribution < 1.29 is 13.6 Å². The molecule has 2 aromatic heterocycles. The molecule has 0 bridgehead atoms. The molecule has 0 aliphatic heterocycles. The van der Waals surface area contributed by atoms with Crippen LogP contribution in [0.25, 0.3) is 16.5 Å². The first-order valence-electron chi connectivity index (χ1n) is 8.81. The Morgan fingerprint density at radius 2 is 1.83 bits per heavy atom. The molecule has 0 spiro atoms. The van der Waals surface area contributed by atoms with Crippen LogP contribution in [-0.4, -0.2) is 15.5 Å². The van der Waals surface area contributed by atoms with Crippen molar-refractivity contribution in [3.8, 4) is 5.69 Å². The molecule has 5 nitrogen and oxygen atoms in total. The van der Waals surface area contributed by atoms with Crippen molar-refractivity contribution in [2.24, 2.45) is 0 Å². The number of nitrogens with one attached hydrogen (secondary N) is 1. The van der Waals surface area contributed by atoms with Gasteiger partial charge in [0.25, 0.3) is 11.5 Å². The van der Waals surface area contributed by atoms with Crippen molar-refractivity contribution >= 4 is 16.7 Å². The molecule has 0 radical (unpaired) electrons. The van der Waals surface area contributed by atoms with Crippen molar-refractivity contribution in [3.63, 3.8) is 0 Å². The molecule has 0 fully saturated rings. The fraction of sp³-hybridized carbons (Fsp3) is 0.0455. The van der Waals surface area contributed by atoms with Crippen LogP contribution in [0.5, 0.6) is 0 Å². The van der Waals surface area contributed by atoms with Crippen LogP contribution in [-0.2, 0) is 6.54 Å². The molecule has 0 unspecified atom stereocenters. The van der Waals surface area contributed by atoms with Crippen LogP contribution in [0.15, 0.2) is 78.0 Å². The van der Waals surface area contributed by atoms with Crippen LogP contribution in [0.3, 0.4) is 0 Å². The summed E-state index contributed by atoms with van der Waals surface area (Å²) in [6.45, 7) is 0.241. The molecule has 0 saturated heterocycles. The van der Waals surface area contributed by atoms with Crippen molar-refractivity contribution in [2.45, 2.75) is 6.54 Å². The van der Waals surface area contributed by atoms with Gasteiger partial charge in [0.2, 0.25) is 0 Å². The largest absolute Gasteiger partial charge is 0.348 e. The quantitative estimate of drug-likeness (QED) is 0.578. The van der Waals surface area contributed by atoms with Crippen LogP contribution in [0.2, 0.25) is 0 Å². The Hall–Kier alpha value is -3.87. The zero-order valence-corrected chi connectivity index (χ0v) is 15.1. The van der Waals surface area contributed by atoms with Crippen molar-refractivity contribution in [2.75, 3.05) is 0 Å². The van der Waals surface area contributed by atoms with Crippen LogP contribution in [0.1, 0.15) is 15.9 Å². The van der Waals surface area contributed by atoms with Gasteiger partial charge in [0, 0.05) is 42.0 Å². The summed E-state index contributed by atoms with van der Waals surface area (Å²) in [5, 5.41) is 3.48. The second-order valence-corrected chi connectivity index (χ2v) is 6.40. The van der Waals surface area contributed by atoms with Crippen molar-refractivity contribution in [1.82, 2.24) is 14.9 Å². The normalized spacial score (nSPS) is 10.8. The fourth-order valence-electron chi connectivity index (χ4n) is 3.11. The Balaban J connectivity index is 1.82. The van der Waals surface area contributed by atoms with Gasteiger partial charge >= 0.3 is 0 Å². The second-order valence-electron chi connectivity index (χ2n) is 6.40. The summed E-state index contributed by atoms with van der Waals surface area (Å²) in [4.78, 5) is 29.7. The minimum atomic E-state index is -0.899. The van der Waals surface area contributed by atoms with E-state index in [1.165, 1.54) is 6.20 Å². The van der Waals surface area contributed by atoms with Crippen LogP contribution in [0, 0.1) is 11.6 Å².